The van der Waals surface area contributed by atoms with Crippen LogP contribution in [0.5, 0.6) is 0 Å². The Hall–Kier alpha value is -2.80. The first-order chi connectivity index (χ1) is 12.6. The lowest BCUT2D eigenvalue weighted by Gasteiger charge is -2.36. The maximum Gasteiger partial charge on any atom is 0.286 e. The number of anilines is 1. The van der Waals surface area contributed by atoms with Gasteiger partial charge >= 0.3 is 0 Å². The molecule has 1 aliphatic rings. The molecule has 7 nitrogen and oxygen atoms in total. The Morgan fingerprint density at radius 1 is 0.962 bits per heavy atom. The number of nitrogens with zero attached hydrogens (tertiary/aromatic N) is 3. The number of nitrogens with one attached hydrogen (secondary N) is 2. The van der Waals surface area contributed by atoms with Gasteiger partial charge in [0.1, 0.15) is 5.69 Å². The molecule has 0 radical (unpaired) electrons. The third-order valence-corrected chi connectivity index (χ3v) is 4.64. The van der Waals surface area contributed by atoms with E-state index >= 15 is 0 Å². The molecule has 26 heavy (non-hydrogen) atoms. The van der Waals surface area contributed by atoms with Crippen LogP contribution in [0.25, 0.3) is 0 Å². The van der Waals surface area contributed by atoms with Crippen LogP contribution in [0.4, 0.5) is 5.69 Å². The molecular formula is C19H25N5O2. The third kappa shape index (κ3) is 4.64. The first kappa shape index (κ1) is 18.0. The van der Waals surface area contributed by atoms with Crippen molar-refractivity contribution in [2.24, 2.45) is 7.05 Å². The summed E-state index contributed by atoms with van der Waals surface area (Å²) in [7, 11) is 1.78. The van der Waals surface area contributed by atoms with Crippen molar-refractivity contribution in [3.05, 3.63) is 54.4 Å². The molecule has 0 saturated carbocycles. The van der Waals surface area contributed by atoms with E-state index in [0.29, 0.717) is 18.7 Å². The van der Waals surface area contributed by atoms with E-state index in [1.54, 1.807) is 29.9 Å². The molecule has 138 valence electrons. The first-order valence-corrected chi connectivity index (χ1v) is 8.86. The van der Waals surface area contributed by atoms with Crippen LogP contribution in [-0.4, -0.2) is 54.0 Å². The van der Waals surface area contributed by atoms with Crippen LogP contribution in [0.15, 0.2) is 48.7 Å². The second kappa shape index (κ2) is 8.53. The van der Waals surface area contributed by atoms with Crippen LogP contribution in [0.1, 0.15) is 16.9 Å². The smallest absolute Gasteiger partial charge is 0.286 e. The summed E-state index contributed by atoms with van der Waals surface area (Å²) in [6.07, 6.45) is 2.14. The van der Waals surface area contributed by atoms with Crippen LogP contribution in [0.2, 0.25) is 0 Å². The van der Waals surface area contributed by atoms with E-state index < -0.39 is 0 Å². The summed E-state index contributed by atoms with van der Waals surface area (Å²) < 4.78 is 1.70. The number of carbonyl (C=O) groups excluding carboxylic acids is 2. The summed E-state index contributed by atoms with van der Waals surface area (Å²) in [6.45, 7) is 4.45. The molecule has 1 saturated heterocycles. The Bertz CT molecular complexity index is 735. The summed E-state index contributed by atoms with van der Waals surface area (Å²) in [5.74, 6) is -0.500. The fraction of sp³-hybridized carbons (Fsp3) is 0.368. The van der Waals surface area contributed by atoms with Gasteiger partial charge in [0, 0.05) is 58.1 Å². The number of piperazine rings is 1. The van der Waals surface area contributed by atoms with Crippen LogP contribution in [0, 0.1) is 0 Å². The largest absolute Gasteiger partial charge is 0.369 e. The van der Waals surface area contributed by atoms with E-state index in [2.05, 4.69) is 44.9 Å². The van der Waals surface area contributed by atoms with Crippen molar-refractivity contribution in [3.8, 4) is 0 Å². The minimum atomic E-state index is -0.317. The summed E-state index contributed by atoms with van der Waals surface area (Å²) in [4.78, 5) is 28.5. The second-order valence-corrected chi connectivity index (χ2v) is 6.42. The van der Waals surface area contributed by atoms with Crippen molar-refractivity contribution in [2.75, 3.05) is 37.6 Å². The van der Waals surface area contributed by atoms with Crippen LogP contribution in [0.3, 0.4) is 0 Å². The lowest BCUT2D eigenvalue weighted by atomic mass is 10.2. The highest BCUT2D eigenvalue weighted by molar-refractivity contribution is 5.94. The molecule has 2 N–H and O–H groups in total. The van der Waals surface area contributed by atoms with E-state index in [4.69, 9.17) is 0 Å². The predicted octanol–water partition coefficient (Wildman–Crippen LogP) is 0.998. The van der Waals surface area contributed by atoms with Crippen LogP contribution in [-0.2, 0) is 11.8 Å². The zero-order chi connectivity index (χ0) is 18.4. The molecule has 7 heteroatoms. The maximum atomic E-state index is 12.0. The number of aryl methyl sites for hydroxylation is 1. The Balaban J connectivity index is 1.35. The van der Waals surface area contributed by atoms with Gasteiger partial charge in [-0.15, -0.1) is 0 Å². The van der Waals surface area contributed by atoms with Gasteiger partial charge in [-0.2, -0.15) is 0 Å². The molecule has 0 unspecified atom stereocenters. The summed E-state index contributed by atoms with van der Waals surface area (Å²) in [6, 6.07) is 13.9. The topological polar surface area (TPSA) is 69.6 Å². The van der Waals surface area contributed by atoms with E-state index in [1.165, 1.54) is 5.69 Å². The lowest BCUT2D eigenvalue weighted by Crippen LogP contribution is -2.48. The number of para-hydroxylation sites is 1. The molecule has 1 aromatic heterocycles. The zero-order valence-corrected chi connectivity index (χ0v) is 15.0. The third-order valence-electron chi connectivity index (χ3n) is 4.64. The average Bonchev–Trinajstić information content (AvgIpc) is 3.11. The van der Waals surface area contributed by atoms with Crippen molar-refractivity contribution in [1.82, 2.24) is 20.3 Å². The van der Waals surface area contributed by atoms with Crippen LogP contribution >= 0.6 is 0 Å². The summed E-state index contributed by atoms with van der Waals surface area (Å²) in [5.41, 5.74) is 6.69. The average molecular weight is 355 g/mol. The molecule has 0 bridgehead atoms. The predicted molar refractivity (Wildman–Crippen MR) is 101 cm³/mol. The summed E-state index contributed by atoms with van der Waals surface area (Å²) in [5, 5.41) is 0. The van der Waals surface area contributed by atoms with Crippen LogP contribution < -0.4 is 15.8 Å². The van der Waals surface area contributed by atoms with Gasteiger partial charge in [0.25, 0.3) is 5.91 Å². The van der Waals surface area contributed by atoms with Gasteiger partial charge in [0.2, 0.25) is 5.91 Å². The Morgan fingerprint density at radius 3 is 2.35 bits per heavy atom. The molecule has 1 aromatic carbocycles. The van der Waals surface area contributed by atoms with Crippen molar-refractivity contribution < 1.29 is 9.59 Å². The normalized spacial score (nSPS) is 14.9. The molecule has 0 aliphatic carbocycles. The fourth-order valence-corrected chi connectivity index (χ4v) is 3.08. The number of carbonyl (C=O) groups is 2. The van der Waals surface area contributed by atoms with E-state index in [1.807, 2.05) is 6.07 Å². The number of amides is 2. The SMILES string of the molecule is Cn1cccc1C(=O)NNC(=O)CCN1CCN(c2ccccc2)CC1. The molecule has 1 fully saturated rings. The minimum absolute atomic E-state index is 0.182. The number of hydrogen-bond acceptors (Lipinski definition) is 4. The number of rotatable bonds is 5. The lowest BCUT2D eigenvalue weighted by molar-refractivity contribution is -0.122. The monoisotopic (exact) mass is 355 g/mol. The quantitative estimate of drug-likeness (QED) is 0.785. The second-order valence-electron chi connectivity index (χ2n) is 6.42. The van der Waals surface area contributed by atoms with Gasteiger partial charge in [-0.05, 0) is 24.3 Å². The number of aromatic nitrogens is 1. The molecular weight excluding hydrogens is 330 g/mol. The van der Waals surface area contributed by atoms with Gasteiger partial charge in [-0.3, -0.25) is 25.3 Å². The Morgan fingerprint density at radius 2 is 1.69 bits per heavy atom. The highest BCUT2D eigenvalue weighted by Gasteiger charge is 2.18. The van der Waals surface area contributed by atoms with Crippen molar-refractivity contribution >= 4 is 17.5 Å². The summed E-state index contributed by atoms with van der Waals surface area (Å²) >= 11 is 0. The Kier molecular flexibility index (Phi) is 5.91. The van der Waals surface area contributed by atoms with Gasteiger partial charge in [0.05, 0.1) is 0 Å². The zero-order valence-electron chi connectivity index (χ0n) is 15.0. The number of benzene rings is 1. The van der Waals surface area contributed by atoms with Gasteiger partial charge in [0.15, 0.2) is 0 Å². The number of hydrogen-bond donors (Lipinski definition) is 2. The fourth-order valence-electron chi connectivity index (χ4n) is 3.08. The molecule has 0 atom stereocenters. The standard InChI is InChI=1S/C19H25N5O2/c1-22-10-5-8-17(22)19(26)21-20-18(25)9-11-23-12-14-24(15-13-23)16-6-3-2-4-7-16/h2-8,10H,9,11-15H2,1H3,(H,20,25)(H,21,26). The van der Waals surface area contributed by atoms with Crippen molar-refractivity contribution in [1.29, 1.82) is 0 Å². The maximum absolute atomic E-state index is 12.0. The number of hydrazine groups is 1. The molecule has 1 aliphatic heterocycles. The van der Waals surface area contributed by atoms with E-state index in [-0.39, 0.29) is 11.8 Å². The molecule has 3 rings (SSSR count). The van der Waals surface area contributed by atoms with E-state index in [9.17, 15) is 9.59 Å². The highest BCUT2D eigenvalue weighted by Crippen LogP contribution is 2.15. The van der Waals surface area contributed by atoms with Gasteiger partial charge in [-0.25, -0.2) is 0 Å². The molecule has 0 spiro atoms. The van der Waals surface area contributed by atoms with Gasteiger partial charge < -0.3 is 9.47 Å². The van der Waals surface area contributed by atoms with Crippen molar-refractivity contribution in [3.63, 3.8) is 0 Å². The molecule has 2 heterocycles. The Labute approximate surface area is 153 Å². The minimum Gasteiger partial charge on any atom is -0.369 e. The van der Waals surface area contributed by atoms with Gasteiger partial charge in [-0.1, -0.05) is 18.2 Å². The first-order valence-electron chi connectivity index (χ1n) is 8.86. The highest BCUT2D eigenvalue weighted by atomic mass is 16.2. The molecule has 2 amide bonds. The molecule has 2 aromatic rings. The van der Waals surface area contributed by atoms with E-state index in [0.717, 1.165) is 26.2 Å². The van der Waals surface area contributed by atoms with Crippen molar-refractivity contribution in [2.45, 2.75) is 6.42 Å².